The molecule has 0 heterocycles. The van der Waals surface area contributed by atoms with Crippen molar-refractivity contribution in [3.8, 4) is 0 Å². The highest BCUT2D eigenvalue weighted by atomic mass is 16.3. The van der Waals surface area contributed by atoms with Crippen molar-refractivity contribution < 1.29 is 4.79 Å². The molecule has 0 aliphatic heterocycles. The van der Waals surface area contributed by atoms with E-state index in [0.717, 1.165) is 10.6 Å². The number of amides is 1. The number of benzene rings is 1. The highest BCUT2D eigenvalue weighted by Gasteiger charge is 2.17. The van der Waals surface area contributed by atoms with Crippen molar-refractivity contribution in [2.75, 3.05) is 0 Å². The summed E-state index contributed by atoms with van der Waals surface area (Å²) in [5.41, 5.74) is 0.895. The lowest BCUT2D eigenvalue weighted by atomic mass is 10.2. The second-order valence-electron chi connectivity index (χ2n) is 3.62. The van der Waals surface area contributed by atoms with Crippen LogP contribution in [0.3, 0.4) is 0 Å². The lowest BCUT2D eigenvalue weighted by Crippen LogP contribution is -2.28. The Balaban J connectivity index is 2.70. The van der Waals surface area contributed by atoms with Crippen LogP contribution in [0, 0.1) is 10.8 Å². The fourth-order valence-electron chi connectivity index (χ4n) is 1.20. The summed E-state index contributed by atoms with van der Waals surface area (Å²) in [7, 11) is 0. The van der Waals surface area contributed by atoms with Gasteiger partial charge in [-0.1, -0.05) is 44.2 Å². The van der Waals surface area contributed by atoms with E-state index < -0.39 is 0 Å². The second-order valence-corrected chi connectivity index (χ2v) is 3.62. The zero-order valence-corrected chi connectivity index (χ0v) is 8.88. The van der Waals surface area contributed by atoms with Gasteiger partial charge in [-0.15, -0.1) is 4.91 Å². The number of rotatable bonds is 4. The maximum Gasteiger partial charge on any atom is 0.248 e. The number of hydrogen-bond donors (Lipinski definition) is 0. The summed E-state index contributed by atoms with van der Waals surface area (Å²) in [5.74, 6) is -0.472. The average molecular weight is 206 g/mol. The molecule has 0 bridgehead atoms. The predicted octanol–water partition coefficient (Wildman–Crippen LogP) is 2.35. The van der Waals surface area contributed by atoms with Crippen molar-refractivity contribution >= 4 is 5.91 Å². The van der Waals surface area contributed by atoms with Gasteiger partial charge in [0.05, 0.1) is 11.8 Å². The van der Waals surface area contributed by atoms with E-state index in [0.29, 0.717) is 0 Å². The van der Waals surface area contributed by atoms with Crippen molar-refractivity contribution in [1.29, 1.82) is 0 Å². The Labute approximate surface area is 88.8 Å². The summed E-state index contributed by atoms with van der Waals surface area (Å²) in [6, 6.07) is 9.31. The normalized spacial score (nSPS) is 10.1. The molecule has 0 fully saturated rings. The van der Waals surface area contributed by atoms with Crippen molar-refractivity contribution in [3.05, 3.63) is 40.8 Å². The quantitative estimate of drug-likeness (QED) is 0.560. The Bertz CT molecular complexity index is 336. The molecule has 1 aromatic carbocycles. The van der Waals surface area contributed by atoms with E-state index in [9.17, 15) is 9.70 Å². The van der Waals surface area contributed by atoms with Gasteiger partial charge in [0, 0.05) is 5.92 Å². The van der Waals surface area contributed by atoms with Crippen LogP contribution in [0.2, 0.25) is 0 Å². The van der Waals surface area contributed by atoms with E-state index in [2.05, 4.69) is 5.29 Å². The third kappa shape index (κ3) is 3.16. The highest BCUT2D eigenvalue weighted by molar-refractivity contribution is 5.77. The molecule has 4 heteroatoms. The summed E-state index contributed by atoms with van der Waals surface area (Å²) in [6.07, 6.45) is 0. The Hall–Kier alpha value is -1.71. The molecule has 0 unspecified atom stereocenters. The number of hydrogen-bond acceptors (Lipinski definition) is 3. The first-order valence-corrected chi connectivity index (χ1v) is 4.83. The van der Waals surface area contributed by atoms with Crippen LogP contribution < -0.4 is 0 Å². The largest absolute Gasteiger partial charge is 0.273 e. The Morgan fingerprint density at radius 2 is 1.93 bits per heavy atom. The minimum absolute atomic E-state index is 0.216. The molecule has 1 amide bonds. The molecule has 0 aromatic heterocycles. The molecule has 1 aromatic rings. The second kappa shape index (κ2) is 5.24. The number of carbonyl (C=O) groups is 1. The monoisotopic (exact) mass is 206 g/mol. The van der Waals surface area contributed by atoms with Crippen LogP contribution in [0.15, 0.2) is 35.6 Å². The van der Waals surface area contributed by atoms with Crippen LogP contribution in [0.1, 0.15) is 19.4 Å². The van der Waals surface area contributed by atoms with E-state index in [1.54, 1.807) is 13.8 Å². The average Bonchev–Trinajstić information content (AvgIpc) is 2.26. The number of nitrogens with zero attached hydrogens (tertiary/aromatic N) is 2. The van der Waals surface area contributed by atoms with E-state index >= 15 is 0 Å². The van der Waals surface area contributed by atoms with Gasteiger partial charge >= 0.3 is 0 Å². The minimum Gasteiger partial charge on any atom is -0.273 e. The van der Waals surface area contributed by atoms with E-state index in [-0.39, 0.29) is 18.4 Å². The van der Waals surface area contributed by atoms with Crippen LogP contribution in [-0.4, -0.2) is 10.9 Å². The van der Waals surface area contributed by atoms with Crippen LogP contribution in [0.5, 0.6) is 0 Å². The zero-order chi connectivity index (χ0) is 11.3. The summed E-state index contributed by atoms with van der Waals surface area (Å²) >= 11 is 0. The van der Waals surface area contributed by atoms with Crippen LogP contribution >= 0.6 is 0 Å². The molecular weight excluding hydrogens is 192 g/mol. The molecule has 1 rings (SSSR count). The van der Waals surface area contributed by atoms with E-state index in [1.165, 1.54) is 0 Å². The zero-order valence-electron chi connectivity index (χ0n) is 8.88. The maximum atomic E-state index is 11.5. The fraction of sp³-hybridized carbons (Fsp3) is 0.364. The van der Waals surface area contributed by atoms with E-state index in [4.69, 9.17) is 0 Å². The predicted molar refractivity (Wildman–Crippen MR) is 57.6 cm³/mol. The van der Waals surface area contributed by atoms with Gasteiger partial charge < -0.3 is 0 Å². The summed E-state index contributed by atoms with van der Waals surface area (Å²) in [5, 5.41) is 3.70. The molecular formula is C11H14N2O2. The molecule has 0 spiro atoms. The highest BCUT2D eigenvalue weighted by Crippen LogP contribution is 2.08. The maximum absolute atomic E-state index is 11.5. The van der Waals surface area contributed by atoms with Crippen molar-refractivity contribution in [2.24, 2.45) is 11.2 Å². The van der Waals surface area contributed by atoms with Gasteiger partial charge in [-0.25, -0.2) is 0 Å². The third-order valence-corrected chi connectivity index (χ3v) is 2.02. The Morgan fingerprint density at radius 3 is 2.40 bits per heavy atom. The van der Waals surface area contributed by atoms with E-state index in [1.807, 2.05) is 30.3 Å². The molecule has 0 radical (unpaired) electrons. The standard InChI is InChI=1S/C11H14N2O2/c1-9(2)11(14)13(12-15)8-10-6-4-3-5-7-10/h3-7,9H,8H2,1-2H3. The minimum atomic E-state index is -0.256. The molecule has 0 aliphatic carbocycles. The summed E-state index contributed by atoms with van der Waals surface area (Å²) in [4.78, 5) is 22.0. The van der Waals surface area contributed by atoms with Gasteiger partial charge in [0.15, 0.2) is 0 Å². The van der Waals surface area contributed by atoms with Gasteiger partial charge in [-0.05, 0) is 5.56 Å². The molecule has 4 nitrogen and oxygen atoms in total. The molecule has 0 saturated heterocycles. The van der Waals surface area contributed by atoms with Gasteiger partial charge in [0.2, 0.25) is 5.91 Å². The lowest BCUT2D eigenvalue weighted by Gasteiger charge is -2.15. The van der Waals surface area contributed by atoms with Crippen molar-refractivity contribution in [3.63, 3.8) is 0 Å². The molecule has 0 saturated carbocycles. The van der Waals surface area contributed by atoms with Gasteiger partial charge in [-0.2, -0.15) is 5.01 Å². The molecule has 0 aliphatic rings. The van der Waals surface area contributed by atoms with Crippen molar-refractivity contribution in [2.45, 2.75) is 20.4 Å². The first kappa shape index (κ1) is 11.4. The van der Waals surface area contributed by atoms with Crippen molar-refractivity contribution in [1.82, 2.24) is 5.01 Å². The molecule has 80 valence electrons. The lowest BCUT2D eigenvalue weighted by molar-refractivity contribution is -0.135. The summed E-state index contributed by atoms with van der Waals surface area (Å²) < 4.78 is 0. The Morgan fingerprint density at radius 1 is 1.33 bits per heavy atom. The van der Waals surface area contributed by atoms with Gasteiger partial charge in [-0.3, -0.25) is 4.79 Å². The van der Waals surface area contributed by atoms with Crippen LogP contribution in [0.4, 0.5) is 0 Å². The molecule has 15 heavy (non-hydrogen) atoms. The van der Waals surface area contributed by atoms with Gasteiger partial charge in [0.1, 0.15) is 0 Å². The number of carbonyl (C=O) groups excluding carboxylic acids is 1. The molecule has 0 N–H and O–H groups in total. The topological polar surface area (TPSA) is 49.7 Å². The number of nitroso groups, excluding NO2 is 1. The van der Waals surface area contributed by atoms with Gasteiger partial charge in [0.25, 0.3) is 0 Å². The third-order valence-electron chi connectivity index (χ3n) is 2.02. The van der Waals surface area contributed by atoms with Crippen LogP contribution in [0.25, 0.3) is 0 Å². The summed E-state index contributed by atoms with van der Waals surface area (Å²) in [6.45, 7) is 3.72. The Kier molecular flexibility index (Phi) is 3.97. The van der Waals surface area contributed by atoms with Crippen LogP contribution in [-0.2, 0) is 11.3 Å². The first-order chi connectivity index (χ1) is 7.15. The molecule has 0 atom stereocenters. The first-order valence-electron chi connectivity index (χ1n) is 4.83. The fourth-order valence-corrected chi connectivity index (χ4v) is 1.20. The SMILES string of the molecule is CC(C)C(=O)N(Cc1ccccc1)N=O. The smallest absolute Gasteiger partial charge is 0.248 e.